The number of likely N-dealkylation sites (tertiary alicyclic amines) is 1. The van der Waals surface area contributed by atoms with Crippen LogP contribution in [0.3, 0.4) is 0 Å². The molecule has 204 valence electrons. The fraction of sp³-hybridized carbons (Fsp3) is 0.846. The molecular weight excluding hydrogens is 478 g/mol. The first-order valence-corrected chi connectivity index (χ1v) is 14.5. The minimum absolute atomic E-state index is 0.120. The highest BCUT2D eigenvalue weighted by Crippen LogP contribution is 2.40. The zero-order chi connectivity index (χ0) is 26.3. The third-order valence-electron chi connectivity index (χ3n) is 7.94. The van der Waals surface area contributed by atoms with Crippen molar-refractivity contribution in [3.63, 3.8) is 0 Å². The van der Waals surface area contributed by atoms with Gasteiger partial charge in [0.1, 0.15) is 12.1 Å². The van der Waals surface area contributed by atoms with Gasteiger partial charge in [-0.15, -0.1) is 11.8 Å². The molecule has 1 heterocycles. The Morgan fingerprint density at radius 1 is 1.08 bits per heavy atom. The van der Waals surface area contributed by atoms with Gasteiger partial charge in [0.25, 0.3) is 0 Å². The highest BCUT2D eigenvalue weighted by molar-refractivity contribution is 8.01. The Kier molecular flexibility index (Phi) is 10.3. The smallest absolute Gasteiger partial charge is 0.407 e. The van der Waals surface area contributed by atoms with Crippen LogP contribution in [0.4, 0.5) is 4.79 Å². The van der Waals surface area contributed by atoms with E-state index in [4.69, 9.17) is 15.9 Å². The lowest BCUT2D eigenvalue weighted by molar-refractivity contribution is -0.140. The lowest BCUT2D eigenvalue weighted by Gasteiger charge is -2.38. The summed E-state index contributed by atoms with van der Waals surface area (Å²) in [7, 11) is 0. The summed E-state index contributed by atoms with van der Waals surface area (Å²) in [4.78, 5) is 41.1. The molecule has 1 aliphatic heterocycles. The first-order valence-electron chi connectivity index (χ1n) is 13.7. The minimum Gasteiger partial charge on any atom is -0.450 e. The zero-order valence-electron chi connectivity index (χ0n) is 22.1. The monoisotopic (exact) mass is 523 g/mol. The second-order valence-corrected chi connectivity index (χ2v) is 13.0. The van der Waals surface area contributed by atoms with E-state index in [2.05, 4.69) is 10.6 Å². The normalized spacial score (nSPS) is 25.9. The Labute approximate surface area is 219 Å². The van der Waals surface area contributed by atoms with Gasteiger partial charge in [-0.2, -0.15) is 0 Å². The maximum atomic E-state index is 13.9. The molecule has 3 amide bonds. The van der Waals surface area contributed by atoms with E-state index in [-0.39, 0.29) is 30.2 Å². The molecule has 0 spiro atoms. The number of ether oxygens (including phenoxy) is 1. The first-order chi connectivity index (χ1) is 17.1. The van der Waals surface area contributed by atoms with Crippen molar-refractivity contribution < 1.29 is 19.1 Å². The number of nitrogens with one attached hydrogen (secondary N) is 3. The summed E-state index contributed by atoms with van der Waals surface area (Å²) in [5.74, 6) is 0.464. The molecule has 0 radical (unpaired) electrons. The van der Waals surface area contributed by atoms with Crippen molar-refractivity contribution in [3.8, 4) is 0 Å². The van der Waals surface area contributed by atoms with Gasteiger partial charge in [0.05, 0.1) is 12.4 Å². The number of hydrogen-bond acceptors (Lipinski definition) is 6. The Morgan fingerprint density at radius 3 is 2.36 bits per heavy atom. The summed E-state index contributed by atoms with van der Waals surface area (Å²) in [5.41, 5.74) is 5.65. The van der Waals surface area contributed by atoms with E-state index < -0.39 is 22.9 Å². The van der Waals surface area contributed by atoms with Gasteiger partial charge >= 0.3 is 6.09 Å². The van der Waals surface area contributed by atoms with Gasteiger partial charge in [0, 0.05) is 29.0 Å². The van der Waals surface area contributed by atoms with E-state index in [1.165, 1.54) is 12.8 Å². The van der Waals surface area contributed by atoms with E-state index in [9.17, 15) is 14.4 Å². The summed E-state index contributed by atoms with van der Waals surface area (Å²) in [6.07, 6.45) is 9.08. The Morgan fingerprint density at radius 2 is 1.75 bits per heavy atom. The van der Waals surface area contributed by atoms with Crippen LogP contribution in [0.25, 0.3) is 0 Å². The molecule has 5 N–H and O–H groups in total. The van der Waals surface area contributed by atoms with Crippen LogP contribution < -0.4 is 16.4 Å². The van der Waals surface area contributed by atoms with Crippen LogP contribution in [-0.2, 0) is 14.3 Å². The molecule has 0 aromatic heterocycles. The van der Waals surface area contributed by atoms with Crippen LogP contribution in [-0.4, -0.2) is 70.4 Å². The number of hydrogen-bond donors (Lipinski definition) is 4. The molecule has 3 fully saturated rings. The topological polar surface area (TPSA) is 138 Å². The van der Waals surface area contributed by atoms with E-state index in [0.29, 0.717) is 30.7 Å². The second kappa shape index (κ2) is 13.0. The highest BCUT2D eigenvalue weighted by Gasteiger charge is 2.45. The van der Waals surface area contributed by atoms with Crippen molar-refractivity contribution in [2.45, 2.75) is 107 Å². The van der Waals surface area contributed by atoms with E-state index in [0.717, 1.165) is 44.9 Å². The number of rotatable bonds is 10. The van der Waals surface area contributed by atoms with Crippen LogP contribution >= 0.6 is 11.8 Å². The quantitative estimate of drug-likeness (QED) is 0.256. The van der Waals surface area contributed by atoms with Gasteiger partial charge in [0.2, 0.25) is 11.8 Å². The molecule has 2 aliphatic carbocycles. The Hall–Kier alpha value is -1.97. The predicted molar refractivity (Wildman–Crippen MR) is 143 cm³/mol. The summed E-state index contributed by atoms with van der Waals surface area (Å²) in [6.45, 7) is 7.07. The van der Waals surface area contributed by atoms with E-state index >= 15 is 0 Å². The van der Waals surface area contributed by atoms with Gasteiger partial charge in [-0.1, -0.05) is 12.8 Å². The zero-order valence-corrected chi connectivity index (χ0v) is 23.0. The second-order valence-electron chi connectivity index (χ2n) is 11.0. The molecule has 0 aromatic rings. The van der Waals surface area contributed by atoms with Crippen molar-refractivity contribution in [1.82, 2.24) is 15.5 Å². The fourth-order valence-corrected chi connectivity index (χ4v) is 7.56. The molecule has 3 aliphatic rings. The summed E-state index contributed by atoms with van der Waals surface area (Å²) < 4.78 is 4.58. The Balaban J connectivity index is 1.63. The van der Waals surface area contributed by atoms with Crippen LogP contribution in [0, 0.1) is 17.2 Å². The van der Waals surface area contributed by atoms with E-state index in [1.54, 1.807) is 23.6 Å². The van der Waals surface area contributed by atoms with Crippen molar-refractivity contribution in [2.24, 2.45) is 17.6 Å². The maximum absolute atomic E-state index is 13.9. The average molecular weight is 524 g/mol. The molecule has 2 atom stereocenters. The van der Waals surface area contributed by atoms with Crippen molar-refractivity contribution in [2.75, 3.05) is 19.7 Å². The van der Waals surface area contributed by atoms with Crippen molar-refractivity contribution in [3.05, 3.63) is 0 Å². The fourth-order valence-electron chi connectivity index (χ4n) is 5.84. The predicted octanol–water partition coefficient (Wildman–Crippen LogP) is 3.41. The number of carbonyl (C=O) groups excluding carboxylic acids is 3. The highest BCUT2D eigenvalue weighted by atomic mass is 32.2. The van der Waals surface area contributed by atoms with Crippen LogP contribution in [0.1, 0.15) is 85.0 Å². The van der Waals surface area contributed by atoms with Crippen molar-refractivity contribution in [1.29, 1.82) is 5.41 Å². The van der Waals surface area contributed by atoms with Crippen LogP contribution in [0.2, 0.25) is 0 Å². The van der Waals surface area contributed by atoms with Crippen LogP contribution in [0.5, 0.6) is 0 Å². The first kappa shape index (κ1) is 28.6. The van der Waals surface area contributed by atoms with Crippen LogP contribution in [0.15, 0.2) is 0 Å². The molecule has 36 heavy (non-hydrogen) atoms. The minimum atomic E-state index is -0.780. The molecule has 0 unspecified atom stereocenters. The van der Waals surface area contributed by atoms with Gasteiger partial charge < -0.3 is 26.0 Å². The third kappa shape index (κ3) is 7.52. The molecule has 0 bridgehead atoms. The summed E-state index contributed by atoms with van der Waals surface area (Å²) in [6, 6.07) is -1.30. The number of carbonyl (C=O) groups is 3. The Bertz CT molecular complexity index is 793. The number of nitrogens with zero attached hydrogens (tertiary/aromatic N) is 1. The number of nitrogens with two attached hydrogens (primary N) is 1. The van der Waals surface area contributed by atoms with Gasteiger partial charge in [-0.25, -0.2) is 4.79 Å². The number of thioether (sulfide) groups is 1. The molecule has 3 rings (SSSR count). The largest absolute Gasteiger partial charge is 0.450 e. The molecule has 2 saturated carbocycles. The lowest BCUT2D eigenvalue weighted by Crippen LogP contribution is -2.60. The number of amidine groups is 1. The SMILES string of the molecule is CCOC(=O)N[C@@H](C(=O)N1CCC[C@H]1C(=O)NCC1CCC(C(=N)N)CC1)C(C)(C)SC1CCCC1. The number of alkyl carbamates (subject to hydrolysis) is 1. The molecular formula is C26H45N5O4S. The standard InChI is InChI=1S/C26H45N5O4S/c1-4-35-25(34)30-21(26(2,3)36-19-8-5-6-9-19)24(33)31-15-7-10-20(31)23(32)29-16-17-11-13-18(14-12-17)22(27)28/h17-21H,4-16H2,1-3H3,(H3,27,28)(H,29,32)(H,30,34)/t17?,18?,20-,21-/m0/s1. The third-order valence-corrected chi connectivity index (χ3v) is 9.59. The lowest BCUT2D eigenvalue weighted by atomic mass is 9.81. The molecule has 0 aromatic carbocycles. The van der Waals surface area contributed by atoms with Gasteiger partial charge in [-0.3, -0.25) is 15.0 Å². The van der Waals surface area contributed by atoms with Crippen molar-refractivity contribution >= 4 is 35.5 Å². The molecule has 9 nitrogen and oxygen atoms in total. The van der Waals surface area contributed by atoms with Gasteiger partial charge in [-0.05, 0) is 78.1 Å². The van der Waals surface area contributed by atoms with Gasteiger partial charge in [0.15, 0.2) is 0 Å². The summed E-state index contributed by atoms with van der Waals surface area (Å²) in [5, 5.41) is 14.0. The molecule has 10 heteroatoms. The summed E-state index contributed by atoms with van der Waals surface area (Å²) >= 11 is 1.76. The molecule has 1 saturated heterocycles. The maximum Gasteiger partial charge on any atom is 0.407 e. The van der Waals surface area contributed by atoms with E-state index in [1.807, 2.05) is 13.8 Å². The number of amides is 3. The average Bonchev–Trinajstić information content (AvgIpc) is 3.53.